The fourth-order valence-electron chi connectivity index (χ4n) is 4.14. The number of carbonyl (C=O) groups is 2. The highest BCUT2D eigenvalue weighted by molar-refractivity contribution is 6.35. The molecule has 0 radical (unpaired) electrons. The largest absolute Gasteiger partial charge is 0.465 e. The number of hydrogen-bond donors (Lipinski definition) is 1. The molecule has 0 aliphatic carbocycles. The van der Waals surface area contributed by atoms with Crippen LogP contribution in [0.3, 0.4) is 0 Å². The second-order valence-electron chi connectivity index (χ2n) is 8.71. The van der Waals surface area contributed by atoms with Crippen molar-refractivity contribution >= 4 is 40.3 Å². The number of piperazine rings is 1. The van der Waals surface area contributed by atoms with E-state index in [2.05, 4.69) is 4.90 Å². The highest BCUT2D eigenvalue weighted by Crippen LogP contribution is 2.36. The van der Waals surface area contributed by atoms with Crippen LogP contribution in [0.15, 0.2) is 24.3 Å². The van der Waals surface area contributed by atoms with Crippen molar-refractivity contribution in [3.05, 3.63) is 34.9 Å². The molecule has 2 aromatic rings. The lowest BCUT2D eigenvalue weighted by atomic mass is 9.98. The van der Waals surface area contributed by atoms with Crippen LogP contribution in [0, 0.1) is 0 Å². The number of rotatable bonds is 3. The SMILES string of the molecule is CC(=O)N1CCN(c2nc3c(Cl)cccc3cc2C(C)N(C(=O)O)C(C)(C)C)CC1. The Morgan fingerprint density at radius 1 is 1.20 bits per heavy atom. The summed E-state index contributed by atoms with van der Waals surface area (Å²) in [6.07, 6.45) is -0.978. The summed E-state index contributed by atoms with van der Waals surface area (Å²) >= 11 is 6.41. The fraction of sp³-hybridized carbons (Fsp3) is 0.500. The fourth-order valence-corrected chi connectivity index (χ4v) is 4.36. The third-order valence-electron chi connectivity index (χ3n) is 5.60. The Hall–Kier alpha value is -2.54. The van der Waals surface area contributed by atoms with Crippen molar-refractivity contribution in [1.29, 1.82) is 0 Å². The molecule has 162 valence electrons. The zero-order valence-electron chi connectivity index (χ0n) is 18.1. The predicted molar refractivity (Wildman–Crippen MR) is 119 cm³/mol. The van der Waals surface area contributed by atoms with Gasteiger partial charge >= 0.3 is 6.09 Å². The Labute approximate surface area is 182 Å². The molecular formula is C22H29ClN4O3. The van der Waals surface area contributed by atoms with Crippen LogP contribution in [0.4, 0.5) is 10.6 Å². The van der Waals surface area contributed by atoms with E-state index in [9.17, 15) is 14.7 Å². The van der Waals surface area contributed by atoms with Crippen LogP contribution in [0.1, 0.15) is 46.2 Å². The molecule has 1 N–H and O–H groups in total. The van der Waals surface area contributed by atoms with Crippen molar-refractivity contribution in [2.24, 2.45) is 0 Å². The topological polar surface area (TPSA) is 77.0 Å². The number of halogens is 1. The number of hydrogen-bond acceptors (Lipinski definition) is 4. The lowest BCUT2D eigenvalue weighted by Gasteiger charge is -2.41. The maximum Gasteiger partial charge on any atom is 0.408 e. The first kappa shape index (κ1) is 22.2. The van der Waals surface area contributed by atoms with Gasteiger partial charge in [0.2, 0.25) is 5.91 Å². The van der Waals surface area contributed by atoms with Gasteiger partial charge in [0, 0.05) is 49.6 Å². The number of fused-ring (bicyclic) bond motifs is 1. The van der Waals surface area contributed by atoms with Gasteiger partial charge in [-0.15, -0.1) is 0 Å². The van der Waals surface area contributed by atoms with Crippen molar-refractivity contribution < 1.29 is 14.7 Å². The van der Waals surface area contributed by atoms with Gasteiger partial charge in [0.05, 0.1) is 16.6 Å². The molecule has 1 aromatic carbocycles. The minimum Gasteiger partial charge on any atom is -0.465 e. The molecule has 0 spiro atoms. The minimum atomic E-state index is -0.978. The van der Waals surface area contributed by atoms with E-state index in [0.29, 0.717) is 36.7 Å². The summed E-state index contributed by atoms with van der Waals surface area (Å²) in [6, 6.07) is 7.18. The van der Waals surface area contributed by atoms with Gasteiger partial charge in [0.15, 0.2) is 0 Å². The van der Waals surface area contributed by atoms with E-state index in [4.69, 9.17) is 16.6 Å². The van der Waals surface area contributed by atoms with Crippen LogP contribution < -0.4 is 4.90 Å². The summed E-state index contributed by atoms with van der Waals surface area (Å²) in [4.78, 5) is 34.1. The molecule has 1 fully saturated rings. The first-order valence-corrected chi connectivity index (χ1v) is 10.5. The van der Waals surface area contributed by atoms with Gasteiger partial charge in [-0.3, -0.25) is 9.69 Å². The number of pyridine rings is 1. The number of nitrogens with zero attached hydrogens (tertiary/aromatic N) is 4. The Kier molecular flexibility index (Phi) is 6.13. The zero-order valence-corrected chi connectivity index (χ0v) is 18.9. The number of anilines is 1. The summed E-state index contributed by atoms with van der Waals surface area (Å²) < 4.78 is 0. The van der Waals surface area contributed by atoms with E-state index in [1.165, 1.54) is 4.90 Å². The van der Waals surface area contributed by atoms with E-state index >= 15 is 0 Å². The van der Waals surface area contributed by atoms with Crippen molar-refractivity contribution in [2.75, 3.05) is 31.1 Å². The number of para-hydroxylation sites is 1. The quantitative estimate of drug-likeness (QED) is 0.777. The molecule has 0 saturated carbocycles. The van der Waals surface area contributed by atoms with Gasteiger partial charge < -0.3 is 14.9 Å². The molecular weight excluding hydrogens is 404 g/mol. The van der Waals surface area contributed by atoms with E-state index in [-0.39, 0.29) is 5.91 Å². The lowest BCUT2D eigenvalue weighted by molar-refractivity contribution is -0.129. The average Bonchev–Trinajstić information content (AvgIpc) is 2.66. The number of benzene rings is 1. The number of carbonyl (C=O) groups excluding carboxylic acids is 1. The maximum absolute atomic E-state index is 12.1. The van der Waals surface area contributed by atoms with Gasteiger partial charge in [-0.2, -0.15) is 0 Å². The molecule has 3 rings (SSSR count). The summed E-state index contributed by atoms with van der Waals surface area (Å²) in [5.41, 5.74) is 0.939. The standard InChI is InChI=1S/C22H29ClN4O3/c1-14(27(21(29)30)22(3,4)5)17-13-16-7-6-8-18(23)19(16)24-20(17)26-11-9-25(10-12-26)15(2)28/h6-8,13-14H,9-12H2,1-5H3,(H,29,30). The molecule has 1 unspecified atom stereocenters. The number of carboxylic acid groups (broad SMARTS) is 1. The molecule has 1 aliphatic rings. The predicted octanol–water partition coefficient (Wildman–Crippen LogP) is 4.40. The van der Waals surface area contributed by atoms with Crippen LogP contribution in [-0.4, -0.2) is 63.6 Å². The Balaban J connectivity index is 2.11. The lowest BCUT2D eigenvalue weighted by Crippen LogP contribution is -2.49. The maximum atomic E-state index is 12.1. The molecule has 8 heteroatoms. The second-order valence-corrected chi connectivity index (χ2v) is 9.11. The van der Waals surface area contributed by atoms with Crippen LogP contribution in [0.2, 0.25) is 5.02 Å². The van der Waals surface area contributed by atoms with Gasteiger partial charge in [-0.05, 0) is 39.8 Å². The van der Waals surface area contributed by atoms with Crippen LogP contribution in [0.5, 0.6) is 0 Å². The summed E-state index contributed by atoms with van der Waals surface area (Å²) in [5, 5.41) is 11.3. The highest BCUT2D eigenvalue weighted by atomic mass is 35.5. The van der Waals surface area contributed by atoms with Gasteiger partial charge in [-0.25, -0.2) is 9.78 Å². The minimum absolute atomic E-state index is 0.0579. The molecule has 1 aliphatic heterocycles. The van der Waals surface area contributed by atoms with E-state index in [1.807, 2.05) is 50.8 Å². The normalized spacial score (nSPS) is 15.9. The Morgan fingerprint density at radius 3 is 2.37 bits per heavy atom. The second kappa shape index (κ2) is 8.30. The van der Waals surface area contributed by atoms with E-state index in [0.717, 1.165) is 16.8 Å². The highest BCUT2D eigenvalue weighted by Gasteiger charge is 2.34. The smallest absolute Gasteiger partial charge is 0.408 e. The summed E-state index contributed by atoms with van der Waals surface area (Å²) in [6.45, 7) is 11.6. The summed E-state index contributed by atoms with van der Waals surface area (Å²) in [7, 11) is 0. The third kappa shape index (κ3) is 4.31. The average molecular weight is 433 g/mol. The molecule has 7 nitrogen and oxygen atoms in total. The van der Waals surface area contributed by atoms with E-state index in [1.54, 1.807) is 13.0 Å². The summed E-state index contributed by atoms with van der Waals surface area (Å²) in [5.74, 6) is 0.782. The molecule has 0 bridgehead atoms. The molecule has 1 aromatic heterocycles. The van der Waals surface area contributed by atoms with Crippen molar-refractivity contribution in [2.45, 2.75) is 46.2 Å². The van der Waals surface area contributed by atoms with E-state index < -0.39 is 17.7 Å². The number of aromatic nitrogens is 1. The third-order valence-corrected chi connectivity index (χ3v) is 5.90. The first-order valence-electron chi connectivity index (χ1n) is 10.1. The van der Waals surface area contributed by atoms with Crippen molar-refractivity contribution in [3.63, 3.8) is 0 Å². The molecule has 1 saturated heterocycles. The molecule has 2 amide bonds. The Morgan fingerprint density at radius 2 is 1.83 bits per heavy atom. The molecule has 1 atom stereocenters. The monoisotopic (exact) mass is 432 g/mol. The Bertz CT molecular complexity index is 965. The van der Waals surface area contributed by atoms with Crippen molar-refractivity contribution in [1.82, 2.24) is 14.8 Å². The zero-order chi connectivity index (χ0) is 22.2. The first-order chi connectivity index (χ1) is 14.0. The van der Waals surface area contributed by atoms with Crippen LogP contribution >= 0.6 is 11.6 Å². The number of amides is 2. The van der Waals surface area contributed by atoms with Crippen LogP contribution in [-0.2, 0) is 4.79 Å². The van der Waals surface area contributed by atoms with Gasteiger partial charge in [0.1, 0.15) is 5.82 Å². The molecule has 30 heavy (non-hydrogen) atoms. The van der Waals surface area contributed by atoms with Gasteiger partial charge in [0.25, 0.3) is 0 Å². The van der Waals surface area contributed by atoms with Crippen molar-refractivity contribution in [3.8, 4) is 0 Å². The van der Waals surface area contributed by atoms with Crippen LogP contribution in [0.25, 0.3) is 10.9 Å². The molecule has 2 heterocycles. The van der Waals surface area contributed by atoms with Gasteiger partial charge in [-0.1, -0.05) is 23.7 Å².